The monoisotopic (exact) mass is 303 g/mol. The molecular weight excluding hydrogens is 282 g/mol. The van der Waals surface area contributed by atoms with E-state index in [1.807, 2.05) is 6.92 Å². The van der Waals surface area contributed by atoms with Crippen molar-refractivity contribution in [2.75, 3.05) is 12.8 Å². The van der Waals surface area contributed by atoms with Gasteiger partial charge in [0, 0.05) is 22.9 Å². The van der Waals surface area contributed by atoms with Crippen molar-refractivity contribution in [1.29, 1.82) is 0 Å². The first kappa shape index (κ1) is 16.5. The number of thioether (sulfide) groups is 1. The van der Waals surface area contributed by atoms with Crippen molar-refractivity contribution in [3.8, 4) is 0 Å². The van der Waals surface area contributed by atoms with E-state index >= 15 is 0 Å². The zero-order chi connectivity index (χ0) is 14.7. The van der Waals surface area contributed by atoms with E-state index in [1.54, 1.807) is 43.0 Å². The fourth-order valence-electron chi connectivity index (χ4n) is 1.74. The van der Waals surface area contributed by atoms with Crippen molar-refractivity contribution in [1.82, 2.24) is 0 Å². The lowest BCUT2D eigenvalue weighted by molar-refractivity contribution is 0.0608. The van der Waals surface area contributed by atoms with Crippen molar-refractivity contribution < 1.29 is 13.5 Å². The third-order valence-electron chi connectivity index (χ3n) is 2.76. The molecule has 4 nitrogen and oxygen atoms in total. The van der Waals surface area contributed by atoms with Gasteiger partial charge in [0.25, 0.3) is 0 Å². The predicted octanol–water partition coefficient (Wildman–Crippen LogP) is 1.67. The van der Waals surface area contributed by atoms with Gasteiger partial charge in [-0.25, -0.2) is 8.42 Å². The van der Waals surface area contributed by atoms with Crippen LogP contribution in [0.2, 0.25) is 0 Å². The summed E-state index contributed by atoms with van der Waals surface area (Å²) in [5.41, 5.74) is 4.63. The lowest BCUT2D eigenvalue weighted by Gasteiger charge is -2.24. The van der Waals surface area contributed by atoms with Crippen LogP contribution in [0.4, 0.5) is 0 Å². The summed E-state index contributed by atoms with van der Waals surface area (Å²) < 4.78 is 22.7. The van der Waals surface area contributed by atoms with Crippen LogP contribution in [0.3, 0.4) is 0 Å². The van der Waals surface area contributed by atoms with Gasteiger partial charge in [0.2, 0.25) is 0 Å². The van der Waals surface area contributed by atoms with E-state index in [9.17, 15) is 13.5 Å². The lowest BCUT2D eigenvalue weighted by atomic mass is 10.0. The molecule has 1 rings (SSSR count). The van der Waals surface area contributed by atoms with Gasteiger partial charge in [-0.3, -0.25) is 0 Å². The summed E-state index contributed by atoms with van der Waals surface area (Å²) in [6, 6.07) is 6.78. The molecule has 6 heteroatoms. The number of hydrogen-bond donors (Lipinski definition) is 2. The minimum atomic E-state index is -3.15. The molecule has 1 aromatic rings. The van der Waals surface area contributed by atoms with Gasteiger partial charge in [-0.2, -0.15) is 0 Å². The maximum Gasteiger partial charge on any atom is 0.175 e. The summed E-state index contributed by atoms with van der Waals surface area (Å²) in [5, 5.41) is 10.1. The Morgan fingerprint density at radius 2 is 1.89 bits per heavy atom. The SMILES string of the molecule is CC(CC(C)(O)CN)Sc1ccc(S(C)(=O)=O)cc1. The summed E-state index contributed by atoms with van der Waals surface area (Å²) in [4.78, 5) is 1.30. The molecule has 0 heterocycles. The first-order valence-electron chi connectivity index (χ1n) is 6.03. The van der Waals surface area contributed by atoms with E-state index in [1.165, 1.54) is 6.26 Å². The molecule has 0 aliphatic carbocycles. The van der Waals surface area contributed by atoms with Gasteiger partial charge in [0.15, 0.2) is 9.84 Å². The van der Waals surface area contributed by atoms with Crippen LogP contribution in [0, 0.1) is 0 Å². The van der Waals surface area contributed by atoms with E-state index in [0.29, 0.717) is 11.3 Å². The number of sulfone groups is 1. The standard InChI is InChI=1S/C13H21NO3S2/c1-10(8-13(2,15)9-14)18-11-4-6-12(7-5-11)19(3,16)17/h4-7,10,15H,8-9,14H2,1-3H3. The van der Waals surface area contributed by atoms with Crippen molar-refractivity contribution in [3.63, 3.8) is 0 Å². The number of benzene rings is 1. The average molecular weight is 303 g/mol. The molecule has 0 saturated heterocycles. The molecule has 0 saturated carbocycles. The summed E-state index contributed by atoms with van der Waals surface area (Å²) >= 11 is 1.59. The summed E-state index contributed by atoms with van der Waals surface area (Å²) in [5.74, 6) is 0. The van der Waals surface area contributed by atoms with Crippen molar-refractivity contribution in [2.24, 2.45) is 5.73 Å². The molecule has 0 spiro atoms. The van der Waals surface area contributed by atoms with E-state index in [4.69, 9.17) is 5.73 Å². The Morgan fingerprint density at radius 1 is 1.37 bits per heavy atom. The molecule has 2 unspecified atom stereocenters. The number of aliphatic hydroxyl groups is 1. The largest absolute Gasteiger partial charge is 0.389 e. The van der Waals surface area contributed by atoms with Gasteiger partial charge in [-0.05, 0) is 37.6 Å². The highest BCUT2D eigenvalue weighted by molar-refractivity contribution is 8.00. The van der Waals surface area contributed by atoms with Gasteiger partial charge in [0.05, 0.1) is 10.5 Å². The molecule has 1 aromatic carbocycles. The van der Waals surface area contributed by atoms with E-state index in [-0.39, 0.29) is 11.8 Å². The minimum absolute atomic E-state index is 0.197. The van der Waals surface area contributed by atoms with Crippen LogP contribution in [0.15, 0.2) is 34.1 Å². The van der Waals surface area contributed by atoms with Gasteiger partial charge < -0.3 is 10.8 Å². The fourth-order valence-corrected chi connectivity index (χ4v) is 3.57. The summed E-state index contributed by atoms with van der Waals surface area (Å²) in [6.07, 6.45) is 1.78. The smallest absolute Gasteiger partial charge is 0.175 e. The Bertz CT molecular complexity index is 509. The maximum atomic E-state index is 11.3. The molecule has 0 aliphatic heterocycles. The van der Waals surface area contributed by atoms with Crippen LogP contribution >= 0.6 is 11.8 Å². The molecule has 0 radical (unpaired) electrons. The summed E-state index contributed by atoms with van der Waals surface area (Å²) in [6.45, 7) is 3.96. The zero-order valence-corrected chi connectivity index (χ0v) is 13.1. The highest BCUT2D eigenvalue weighted by Crippen LogP contribution is 2.29. The molecule has 19 heavy (non-hydrogen) atoms. The van der Waals surface area contributed by atoms with E-state index in [2.05, 4.69) is 0 Å². The molecule has 0 bridgehead atoms. The highest BCUT2D eigenvalue weighted by atomic mass is 32.2. The van der Waals surface area contributed by atoms with Crippen molar-refractivity contribution in [3.05, 3.63) is 24.3 Å². The topological polar surface area (TPSA) is 80.4 Å². The maximum absolute atomic E-state index is 11.3. The Balaban J connectivity index is 2.68. The van der Waals surface area contributed by atoms with Gasteiger partial charge >= 0.3 is 0 Å². The third kappa shape index (κ3) is 5.52. The van der Waals surface area contributed by atoms with Gasteiger partial charge in [0.1, 0.15) is 0 Å². The molecule has 0 amide bonds. The van der Waals surface area contributed by atoms with Crippen LogP contribution < -0.4 is 5.73 Å². The zero-order valence-electron chi connectivity index (χ0n) is 11.5. The second-order valence-electron chi connectivity index (χ2n) is 5.08. The van der Waals surface area contributed by atoms with Crippen LogP contribution in [0.1, 0.15) is 20.3 Å². The van der Waals surface area contributed by atoms with Gasteiger partial charge in [-0.1, -0.05) is 6.92 Å². The molecule has 0 aromatic heterocycles. The molecular formula is C13H21NO3S2. The Kier molecular flexibility index (Phi) is 5.43. The molecule has 0 aliphatic rings. The fraction of sp³-hybridized carbons (Fsp3) is 0.538. The van der Waals surface area contributed by atoms with Gasteiger partial charge in [-0.15, -0.1) is 11.8 Å². The number of nitrogens with two attached hydrogens (primary N) is 1. The van der Waals surface area contributed by atoms with E-state index < -0.39 is 15.4 Å². The van der Waals surface area contributed by atoms with Crippen molar-refractivity contribution >= 4 is 21.6 Å². The lowest BCUT2D eigenvalue weighted by Crippen LogP contribution is -2.36. The number of rotatable bonds is 6. The Morgan fingerprint density at radius 3 is 2.32 bits per heavy atom. The predicted molar refractivity (Wildman–Crippen MR) is 79.2 cm³/mol. The van der Waals surface area contributed by atoms with Crippen LogP contribution in [0.25, 0.3) is 0 Å². The summed E-state index contributed by atoms with van der Waals surface area (Å²) in [7, 11) is -3.15. The second-order valence-corrected chi connectivity index (χ2v) is 8.60. The average Bonchev–Trinajstić information content (AvgIpc) is 2.27. The molecule has 108 valence electrons. The first-order chi connectivity index (χ1) is 8.64. The third-order valence-corrected chi connectivity index (χ3v) is 5.00. The first-order valence-corrected chi connectivity index (χ1v) is 8.80. The molecule has 2 atom stereocenters. The van der Waals surface area contributed by atoms with Crippen LogP contribution in [-0.4, -0.2) is 37.2 Å². The number of hydrogen-bond acceptors (Lipinski definition) is 5. The van der Waals surface area contributed by atoms with Crippen molar-refractivity contribution in [2.45, 2.75) is 40.9 Å². The Labute approximate surface area is 119 Å². The normalized spacial score (nSPS) is 16.9. The minimum Gasteiger partial charge on any atom is -0.389 e. The second kappa shape index (κ2) is 6.26. The van der Waals surface area contributed by atoms with Crippen LogP contribution in [0.5, 0.6) is 0 Å². The Hall–Kier alpha value is -0.560. The van der Waals surface area contributed by atoms with Crippen LogP contribution in [-0.2, 0) is 9.84 Å². The highest BCUT2D eigenvalue weighted by Gasteiger charge is 2.22. The van der Waals surface area contributed by atoms with E-state index in [0.717, 1.165) is 4.90 Å². The molecule has 3 N–H and O–H groups in total. The molecule has 0 fully saturated rings. The quantitative estimate of drug-likeness (QED) is 0.781.